The van der Waals surface area contributed by atoms with Crippen LogP contribution in [0.2, 0.25) is 0 Å². The summed E-state index contributed by atoms with van der Waals surface area (Å²) in [6, 6.07) is 5.49. The first-order valence-corrected chi connectivity index (χ1v) is 10.6. The van der Waals surface area contributed by atoms with Gasteiger partial charge < -0.3 is 15.4 Å². The SMILES string of the molecule is CN=C1NC(=O)S/C1=C\c1ccc(OCc2ccc(C(F)(F)F)cc2C(F)(F)F)c(C(=O)NC)c1. The number of benzene rings is 2. The Morgan fingerprint density at radius 1 is 1.11 bits per heavy atom. The number of thioether (sulfide) groups is 1. The van der Waals surface area contributed by atoms with E-state index in [2.05, 4.69) is 15.6 Å². The molecular formula is C22H17F6N3O3S. The lowest BCUT2D eigenvalue weighted by Gasteiger charge is -2.17. The summed E-state index contributed by atoms with van der Waals surface area (Å²) in [6.45, 7) is -0.738. The Labute approximate surface area is 199 Å². The van der Waals surface area contributed by atoms with E-state index < -0.39 is 41.6 Å². The summed E-state index contributed by atoms with van der Waals surface area (Å²) in [4.78, 5) is 28.4. The molecule has 3 rings (SSSR count). The van der Waals surface area contributed by atoms with Crippen LogP contribution in [-0.4, -0.2) is 31.1 Å². The minimum atomic E-state index is -5.05. The summed E-state index contributed by atoms with van der Waals surface area (Å²) in [5, 5.41) is 4.60. The molecule has 1 aliphatic heterocycles. The fourth-order valence-corrected chi connectivity index (χ4v) is 3.90. The molecule has 1 aliphatic rings. The fourth-order valence-electron chi connectivity index (χ4n) is 3.12. The predicted molar refractivity (Wildman–Crippen MR) is 118 cm³/mol. The first kappa shape index (κ1) is 26.1. The highest BCUT2D eigenvalue weighted by Gasteiger charge is 2.38. The van der Waals surface area contributed by atoms with Gasteiger partial charge in [0.05, 0.1) is 21.6 Å². The lowest BCUT2D eigenvalue weighted by molar-refractivity contribution is -0.143. The predicted octanol–water partition coefficient (Wildman–Crippen LogP) is 5.49. The molecule has 2 aromatic rings. The molecule has 186 valence electrons. The topological polar surface area (TPSA) is 79.8 Å². The molecular weight excluding hydrogens is 500 g/mol. The Kier molecular flexibility index (Phi) is 7.48. The zero-order chi connectivity index (χ0) is 26.0. The largest absolute Gasteiger partial charge is 0.488 e. The van der Waals surface area contributed by atoms with Crippen molar-refractivity contribution in [3.8, 4) is 5.75 Å². The van der Waals surface area contributed by atoms with Crippen LogP contribution in [-0.2, 0) is 19.0 Å². The molecule has 0 radical (unpaired) electrons. The summed E-state index contributed by atoms with van der Waals surface area (Å²) in [5.41, 5.74) is -3.02. The van der Waals surface area contributed by atoms with E-state index in [0.29, 0.717) is 28.4 Å². The maximum atomic E-state index is 13.4. The number of hydrogen-bond acceptors (Lipinski definition) is 5. The number of aliphatic imine (C=N–C) groups is 1. The van der Waals surface area contributed by atoms with E-state index in [4.69, 9.17) is 4.74 Å². The van der Waals surface area contributed by atoms with Crippen molar-refractivity contribution in [3.05, 3.63) is 69.1 Å². The molecule has 35 heavy (non-hydrogen) atoms. The smallest absolute Gasteiger partial charge is 0.416 e. The second-order valence-corrected chi connectivity index (χ2v) is 8.10. The molecule has 1 heterocycles. The number of alkyl halides is 6. The number of amides is 2. The average Bonchev–Trinajstić information content (AvgIpc) is 3.15. The number of carbonyl (C=O) groups excluding carboxylic acids is 2. The van der Waals surface area contributed by atoms with Crippen molar-refractivity contribution in [3.63, 3.8) is 0 Å². The van der Waals surface area contributed by atoms with Gasteiger partial charge >= 0.3 is 12.4 Å². The number of ether oxygens (including phenoxy) is 1. The number of rotatable bonds is 5. The molecule has 0 aliphatic carbocycles. The Bertz CT molecular complexity index is 1220. The van der Waals surface area contributed by atoms with Gasteiger partial charge in [-0.05, 0) is 47.7 Å². The lowest BCUT2D eigenvalue weighted by Crippen LogP contribution is -2.19. The molecule has 13 heteroatoms. The average molecular weight is 517 g/mol. The molecule has 0 bridgehead atoms. The number of halogens is 6. The second-order valence-electron chi connectivity index (χ2n) is 7.09. The van der Waals surface area contributed by atoms with Crippen molar-refractivity contribution in [2.24, 2.45) is 4.99 Å². The molecule has 6 nitrogen and oxygen atoms in total. The van der Waals surface area contributed by atoms with Crippen LogP contribution < -0.4 is 15.4 Å². The van der Waals surface area contributed by atoms with Crippen LogP contribution in [0.25, 0.3) is 6.08 Å². The molecule has 2 aromatic carbocycles. The summed E-state index contributed by atoms with van der Waals surface area (Å²) in [6.07, 6.45) is -8.42. The molecule has 0 aromatic heterocycles. The Balaban J connectivity index is 1.94. The van der Waals surface area contributed by atoms with Crippen molar-refractivity contribution >= 4 is 34.8 Å². The zero-order valence-electron chi connectivity index (χ0n) is 18.1. The van der Waals surface area contributed by atoms with Gasteiger partial charge in [-0.25, -0.2) is 0 Å². The van der Waals surface area contributed by atoms with Crippen molar-refractivity contribution in [1.29, 1.82) is 0 Å². The second kappa shape index (κ2) is 10.0. The highest BCUT2D eigenvalue weighted by atomic mass is 32.2. The minimum Gasteiger partial charge on any atom is -0.488 e. The number of nitrogens with zero attached hydrogens (tertiary/aromatic N) is 1. The van der Waals surface area contributed by atoms with Gasteiger partial charge in [-0.2, -0.15) is 26.3 Å². The van der Waals surface area contributed by atoms with E-state index >= 15 is 0 Å². The Morgan fingerprint density at radius 2 is 1.83 bits per heavy atom. The first-order valence-electron chi connectivity index (χ1n) is 9.77. The molecule has 2 N–H and O–H groups in total. The summed E-state index contributed by atoms with van der Waals surface area (Å²) in [7, 11) is 2.82. The Hall–Kier alpha value is -3.48. The molecule has 0 saturated carbocycles. The van der Waals surface area contributed by atoms with Crippen molar-refractivity contribution in [1.82, 2.24) is 10.6 Å². The van der Waals surface area contributed by atoms with Gasteiger partial charge in [-0.1, -0.05) is 12.1 Å². The monoisotopic (exact) mass is 517 g/mol. The van der Waals surface area contributed by atoms with E-state index in [1.165, 1.54) is 32.3 Å². The third kappa shape index (κ3) is 6.15. The normalized spacial score (nSPS) is 16.5. The maximum Gasteiger partial charge on any atom is 0.416 e. The maximum absolute atomic E-state index is 13.4. The standard InChI is InChI=1S/C22H17F6N3O3S/c1-29-18-17(35-20(33)31-18)8-11-3-6-16(14(7-11)19(32)30-2)34-10-12-4-5-13(21(23,24)25)9-15(12)22(26,27)28/h3-9H,10H2,1-2H3,(H,30,32)(H,29,31,33)/b17-8-. The number of hydrogen-bond donors (Lipinski definition) is 2. The molecule has 1 saturated heterocycles. The minimum absolute atomic E-state index is 0.0229. The van der Waals surface area contributed by atoms with Crippen LogP contribution in [0.5, 0.6) is 5.75 Å². The van der Waals surface area contributed by atoms with E-state index in [1.807, 2.05) is 0 Å². The van der Waals surface area contributed by atoms with E-state index in [0.717, 1.165) is 11.8 Å². The van der Waals surface area contributed by atoms with Gasteiger partial charge in [0, 0.05) is 19.7 Å². The summed E-state index contributed by atoms with van der Waals surface area (Å²) < 4.78 is 84.3. The molecule has 1 fully saturated rings. The van der Waals surface area contributed by atoms with E-state index in [9.17, 15) is 35.9 Å². The van der Waals surface area contributed by atoms with Crippen molar-refractivity contribution in [2.75, 3.05) is 14.1 Å². The van der Waals surface area contributed by atoms with E-state index in [1.54, 1.807) is 6.08 Å². The summed E-state index contributed by atoms with van der Waals surface area (Å²) >= 11 is 0.893. The van der Waals surface area contributed by atoms with Crippen LogP contribution in [0, 0.1) is 0 Å². The molecule has 0 unspecified atom stereocenters. The van der Waals surface area contributed by atoms with Gasteiger partial charge in [-0.3, -0.25) is 14.6 Å². The van der Waals surface area contributed by atoms with Crippen LogP contribution in [0.4, 0.5) is 31.1 Å². The van der Waals surface area contributed by atoms with Gasteiger partial charge in [0.2, 0.25) is 0 Å². The highest BCUT2D eigenvalue weighted by Crippen LogP contribution is 2.38. The van der Waals surface area contributed by atoms with Gasteiger partial charge in [0.25, 0.3) is 11.1 Å². The molecule has 2 amide bonds. The van der Waals surface area contributed by atoms with E-state index in [-0.39, 0.29) is 22.6 Å². The zero-order valence-corrected chi connectivity index (χ0v) is 18.9. The fraction of sp³-hybridized carbons (Fsp3) is 0.227. The third-order valence-electron chi connectivity index (χ3n) is 4.78. The van der Waals surface area contributed by atoms with Crippen LogP contribution in [0.3, 0.4) is 0 Å². The highest BCUT2D eigenvalue weighted by molar-refractivity contribution is 8.18. The van der Waals surface area contributed by atoms with Crippen molar-refractivity contribution < 1.29 is 40.7 Å². The first-order chi connectivity index (χ1) is 16.3. The number of amidine groups is 1. The molecule has 0 atom stereocenters. The van der Waals surface area contributed by atoms with Crippen LogP contribution in [0.1, 0.15) is 32.6 Å². The summed E-state index contributed by atoms with van der Waals surface area (Å²) in [5.74, 6) is -0.359. The quantitative estimate of drug-likeness (QED) is 0.515. The van der Waals surface area contributed by atoms with Gasteiger partial charge in [0.1, 0.15) is 18.2 Å². The van der Waals surface area contributed by atoms with Crippen LogP contribution in [0.15, 0.2) is 46.3 Å². The van der Waals surface area contributed by atoms with Gasteiger partial charge in [0.15, 0.2) is 0 Å². The Morgan fingerprint density at radius 3 is 2.43 bits per heavy atom. The molecule has 0 spiro atoms. The van der Waals surface area contributed by atoms with Crippen molar-refractivity contribution in [2.45, 2.75) is 19.0 Å². The van der Waals surface area contributed by atoms with Gasteiger partial charge in [-0.15, -0.1) is 0 Å². The van der Waals surface area contributed by atoms with Crippen LogP contribution >= 0.6 is 11.8 Å². The number of carbonyl (C=O) groups is 2. The third-order valence-corrected chi connectivity index (χ3v) is 5.60. The lowest BCUT2D eigenvalue weighted by atomic mass is 10.0. The number of nitrogens with one attached hydrogen (secondary N) is 2.